The topological polar surface area (TPSA) is 58.6 Å². The smallest absolute Gasteiger partial charge is 0.255 e. The van der Waals surface area contributed by atoms with Crippen molar-refractivity contribution in [2.24, 2.45) is 0 Å². The Hall–Kier alpha value is -1.07. The summed E-state index contributed by atoms with van der Waals surface area (Å²) in [6, 6.07) is 5.07. The lowest BCUT2D eigenvalue weighted by Crippen LogP contribution is -2.53. The summed E-state index contributed by atoms with van der Waals surface area (Å²) >= 11 is 3.47. The lowest BCUT2D eigenvalue weighted by atomic mass is 9.92. The number of hydrogen-bond donors (Lipinski definition) is 2. The highest BCUT2D eigenvalue weighted by Gasteiger charge is 2.33. The van der Waals surface area contributed by atoms with Crippen LogP contribution < -0.4 is 5.32 Å². The Morgan fingerprint density at radius 3 is 2.74 bits per heavy atom. The number of aryl methyl sites for hydroxylation is 1. The van der Waals surface area contributed by atoms with Gasteiger partial charge in [-0.15, -0.1) is 0 Å². The summed E-state index contributed by atoms with van der Waals surface area (Å²) in [5, 5.41) is 13.6. The molecule has 1 saturated heterocycles. The van der Waals surface area contributed by atoms with Crippen molar-refractivity contribution < 1.29 is 14.6 Å². The van der Waals surface area contributed by atoms with Crippen molar-refractivity contribution >= 4 is 21.8 Å². The number of carbonyl (C=O) groups excluding carboxylic acids is 1. The number of aromatic hydroxyl groups is 1. The summed E-state index contributed by atoms with van der Waals surface area (Å²) in [6.07, 6.45) is 1.55. The molecule has 0 saturated carbocycles. The number of benzene rings is 1. The van der Waals surface area contributed by atoms with Crippen LogP contribution in [0.4, 0.5) is 0 Å². The molecular weight excluding hydrogens is 310 g/mol. The van der Waals surface area contributed by atoms with Gasteiger partial charge >= 0.3 is 0 Å². The highest BCUT2D eigenvalue weighted by atomic mass is 79.9. The van der Waals surface area contributed by atoms with Crippen molar-refractivity contribution in [3.05, 3.63) is 29.3 Å². The van der Waals surface area contributed by atoms with Gasteiger partial charge in [0, 0.05) is 18.5 Å². The second kappa shape index (κ2) is 5.92. The summed E-state index contributed by atoms with van der Waals surface area (Å²) in [5.74, 6) is -0.215. The van der Waals surface area contributed by atoms with Gasteiger partial charge in [0.05, 0.1) is 11.1 Å². The number of rotatable bonds is 3. The normalized spacial score (nSPS) is 18.0. The number of ether oxygens (including phenoxy) is 1. The van der Waals surface area contributed by atoms with E-state index in [0.29, 0.717) is 24.1 Å². The van der Waals surface area contributed by atoms with Crippen molar-refractivity contribution in [1.29, 1.82) is 0 Å². The molecule has 0 spiro atoms. The van der Waals surface area contributed by atoms with Crippen LogP contribution in [-0.4, -0.2) is 35.1 Å². The Balaban J connectivity index is 2.15. The van der Waals surface area contributed by atoms with Crippen molar-refractivity contribution in [1.82, 2.24) is 5.32 Å². The first-order valence-electron chi connectivity index (χ1n) is 6.32. The summed E-state index contributed by atoms with van der Waals surface area (Å²) in [6.45, 7) is 3.16. The first-order chi connectivity index (χ1) is 9.06. The highest BCUT2D eigenvalue weighted by molar-refractivity contribution is 9.09. The van der Waals surface area contributed by atoms with Crippen LogP contribution in [0.2, 0.25) is 0 Å². The second-order valence-corrected chi connectivity index (χ2v) is 5.56. The van der Waals surface area contributed by atoms with Crippen molar-refractivity contribution in [3.8, 4) is 5.75 Å². The number of phenols is 1. The fraction of sp³-hybridized carbons (Fsp3) is 0.500. The summed E-state index contributed by atoms with van der Waals surface area (Å²) < 4.78 is 5.33. The maximum Gasteiger partial charge on any atom is 0.255 e. The molecule has 0 radical (unpaired) electrons. The lowest BCUT2D eigenvalue weighted by Gasteiger charge is -2.36. The Morgan fingerprint density at radius 2 is 2.16 bits per heavy atom. The number of carbonyl (C=O) groups is 1. The van der Waals surface area contributed by atoms with Gasteiger partial charge in [0.15, 0.2) is 0 Å². The van der Waals surface area contributed by atoms with Crippen molar-refractivity contribution in [2.45, 2.75) is 25.3 Å². The van der Waals surface area contributed by atoms with E-state index in [1.807, 2.05) is 13.0 Å². The van der Waals surface area contributed by atoms with Gasteiger partial charge in [-0.2, -0.15) is 0 Å². The van der Waals surface area contributed by atoms with Crippen LogP contribution in [0.15, 0.2) is 18.2 Å². The first kappa shape index (κ1) is 14.3. The van der Waals surface area contributed by atoms with Crippen LogP contribution in [0.5, 0.6) is 5.75 Å². The average molecular weight is 328 g/mol. The Bertz CT molecular complexity index is 470. The van der Waals surface area contributed by atoms with Gasteiger partial charge < -0.3 is 15.2 Å². The molecule has 0 aliphatic carbocycles. The third-order valence-electron chi connectivity index (χ3n) is 3.48. The Labute approximate surface area is 121 Å². The minimum Gasteiger partial charge on any atom is -0.507 e. The van der Waals surface area contributed by atoms with Gasteiger partial charge in [0.1, 0.15) is 5.75 Å². The Kier molecular flexibility index (Phi) is 4.47. The number of phenolic OH excluding ortho intramolecular Hbond substituents is 1. The molecule has 1 fully saturated rings. The van der Waals surface area contributed by atoms with Gasteiger partial charge in [0.25, 0.3) is 5.91 Å². The monoisotopic (exact) mass is 327 g/mol. The molecule has 5 heteroatoms. The van der Waals surface area contributed by atoms with E-state index in [0.717, 1.165) is 18.4 Å². The third kappa shape index (κ3) is 3.28. The minimum atomic E-state index is -0.285. The van der Waals surface area contributed by atoms with Crippen LogP contribution in [0, 0.1) is 6.92 Å². The number of hydrogen-bond acceptors (Lipinski definition) is 3. The van der Waals surface area contributed by atoms with Gasteiger partial charge in [-0.05, 0) is 37.5 Å². The van der Waals surface area contributed by atoms with Crippen LogP contribution in [0.3, 0.4) is 0 Å². The average Bonchev–Trinajstić information content (AvgIpc) is 2.39. The molecule has 104 valence electrons. The molecule has 1 aliphatic heterocycles. The molecule has 1 aromatic carbocycles. The van der Waals surface area contributed by atoms with Crippen LogP contribution >= 0.6 is 15.9 Å². The molecule has 0 atom stereocenters. The van der Waals surface area contributed by atoms with Gasteiger partial charge in [-0.1, -0.05) is 22.0 Å². The number of amides is 1. The van der Waals surface area contributed by atoms with Gasteiger partial charge in [-0.3, -0.25) is 4.79 Å². The lowest BCUT2D eigenvalue weighted by molar-refractivity contribution is 0.0441. The van der Waals surface area contributed by atoms with Crippen LogP contribution in [0.1, 0.15) is 28.8 Å². The third-order valence-corrected chi connectivity index (χ3v) is 4.56. The second-order valence-electron chi connectivity index (χ2n) is 5.00. The molecule has 0 aromatic heterocycles. The van der Waals surface area contributed by atoms with Gasteiger partial charge in [-0.25, -0.2) is 0 Å². The number of nitrogens with one attached hydrogen (secondary N) is 1. The molecule has 1 aliphatic rings. The fourth-order valence-electron chi connectivity index (χ4n) is 2.20. The molecule has 0 bridgehead atoms. The van der Waals surface area contributed by atoms with Crippen molar-refractivity contribution in [2.75, 3.05) is 18.5 Å². The highest BCUT2D eigenvalue weighted by Crippen LogP contribution is 2.25. The molecule has 4 nitrogen and oxygen atoms in total. The maximum atomic E-state index is 12.3. The SMILES string of the molecule is Cc1ccc(C(=O)NC2(CBr)CCOCC2)c(O)c1. The molecular formula is C14H18BrNO3. The number of alkyl halides is 1. The van der Waals surface area contributed by atoms with Gasteiger partial charge in [0.2, 0.25) is 0 Å². The molecule has 1 aromatic rings. The molecule has 2 rings (SSSR count). The molecule has 1 heterocycles. The minimum absolute atomic E-state index is 0.0225. The zero-order valence-electron chi connectivity index (χ0n) is 10.9. The predicted molar refractivity (Wildman–Crippen MR) is 76.9 cm³/mol. The fourth-order valence-corrected chi connectivity index (χ4v) is 2.90. The van der Waals surface area contributed by atoms with E-state index in [4.69, 9.17) is 4.74 Å². The van der Waals surface area contributed by atoms with E-state index in [1.54, 1.807) is 12.1 Å². The quantitative estimate of drug-likeness (QED) is 0.838. The van der Waals surface area contributed by atoms with Crippen LogP contribution in [-0.2, 0) is 4.74 Å². The number of halogens is 1. The molecule has 0 unspecified atom stereocenters. The summed E-state index contributed by atoms with van der Waals surface area (Å²) in [5.41, 5.74) is 0.958. The van der Waals surface area contributed by atoms with E-state index in [1.165, 1.54) is 0 Å². The molecule has 1 amide bonds. The van der Waals surface area contributed by atoms with E-state index >= 15 is 0 Å². The zero-order valence-corrected chi connectivity index (χ0v) is 12.5. The van der Waals surface area contributed by atoms with E-state index in [2.05, 4.69) is 21.2 Å². The Morgan fingerprint density at radius 1 is 1.47 bits per heavy atom. The first-order valence-corrected chi connectivity index (χ1v) is 7.44. The summed E-state index contributed by atoms with van der Waals surface area (Å²) in [4.78, 5) is 12.3. The van der Waals surface area contributed by atoms with Crippen molar-refractivity contribution in [3.63, 3.8) is 0 Å². The van der Waals surface area contributed by atoms with Crippen LogP contribution in [0.25, 0.3) is 0 Å². The zero-order chi connectivity index (χ0) is 13.9. The largest absolute Gasteiger partial charge is 0.507 e. The maximum absolute atomic E-state index is 12.3. The summed E-state index contributed by atoms with van der Waals surface area (Å²) in [7, 11) is 0. The molecule has 2 N–H and O–H groups in total. The predicted octanol–water partition coefficient (Wildman–Crippen LogP) is 2.37. The van der Waals surface area contributed by atoms with E-state index in [-0.39, 0.29) is 17.2 Å². The standard InChI is InChI=1S/C14H18BrNO3/c1-10-2-3-11(12(17)8-10)13(18)16-14(9-15)4-6-19-7-5-14/h2-3,8,17H,4-7,9H2,1H3,(H,16,18). The van der Waals surface area contributed by atoms with E-state index in [9.17, 15) is 9.90 Å². The molecule has 19 heavy (non-hydrogen) atoms. The van der Waals surface area contributed by atoms with E-state index < -0.39 is 0 Å².